The van der Waals surface area contributed by atoms with Crippen molar-refractivity contribution >= 4 is 0 Å². The van der Waals surface area contributed by atoms with Crippen molar-refractivity contribution in [2.45, 2.75) is 19.3 Å². The Balaban J connectivity index is 3.31. The summed E-state index contributed by atoms with van der Waals surface area (Å²) < 4.78 is 0. The Labute approximate surface area is 81.7 Å². The Morgan fingerprint density at radius 2 is 1.31 bits per heavy atom. The molecule has 0 rings (SSSR count). The number of hydrogen-bond donors (Lipinski definition) is 0. The molecule has 0 heterocycles. The summed E-state index contributed by atoms with van der Waals surface area (Å²) in [5, 5.41) is 0. The van der Waals surface area contributed by atoms with Gasteiger partial charge >= 0.3 is 0 Å². The molecule has 0 radical (unpaired) electrons. The van der Waals surface area contributed by atoms with Crippen LogP contribution in [0.5, 0.6) is 0 Å². The second-order valence-corrected chi connectivity index (χ2v) is 2.61. The van der Waals surface area contributed by atoms with Gasteiger partial charge in [0.15, 0.2) is 0 Å². The molecule has 0 aromatic heterocycles. The molecule has 0 aliphatic rings. The summed E-state index contributed by atoms with van der Waals surface area (Å²) in [6.07, 6.45) is 19.3. The second kappa shape index (κ2) is 10.7. The molecule has 0 amide bonds. The van der Waals surface area contributed by atoms with Crippen LogP contribution in [-0.4, -0.2) is 0 Å². The highest BCUT2D eigenvalue weighted by molar-refractivity contribution is 5.02. The summed E-state index contributed by atoms with van der Waals surface area (Å²) in [5.74, 6) is 0. The van der Waals surface area contributed by atoms with Crippen molar-refractivity contribution < 1.29 is 0 Å². The fourth-order valence-corrected chi connectivity index (χ4v) is 0.852. The van der Waals surface area contributed by atoms with Crippen molar-refractivity contribution in [3.05, 3.63) is 61.8 Å². The zero-order chi connectivity index (χ0) is 9.78. The van der Waals surface area contributed by atoms with Gasteiger partial charge in [0.1, 0.15) is 0 Å². The first-order valence-electron chi connectivity index (χ1n) is 4.62. The molecule has 70 valence electrons. The highest BCUT2D eigenvalue weighted by Crippen LogP contribution is 1.95. The van der Waals surface area contributed by atoms with Crippen LogP contribution in [0.1, 0.15) is 19.3 Å². The molecule has 0 N–H and O–H groups in total. The standard InChI is InChI=1S/C13H18/c1-3-5-7-9-11-13-12-10-8-6-4-2/h3-8,11,13H,1-2,9-10,12H2/b7-5+,8-6+,13-11+. The van der Waals surface area contributed by atoms with E-state index in [0.717, 1.165) is 19.3 Å². The van der Waals surface area contributed by atoms with Crippen LogP contribution in [0.15, 0.2) is 61.8 Å². The van der Waals surface area contributed by atoms with E-state index in [-0.39, 0.29) is 0 Å². The van der Waals surface area contributed by atoms with Crippen molar-refractivity contribution in [2.24, 2.45) is 0 Å². The lowest BCUT2D eigenvalue weighted by Crippen LogP contribution is -1.64. The lowest BCUT2D eigenvalue weighted by Gasteiger charge is -1.85. The van der Waals surface area contributed by atoms with Crippen LogP contribution in [0.25, 0.3) is 0 Å². The summed E-state index contributed by atoms with van der Waals surface area (Å²) in [6, 6.07) is 0. The summed E-state index contributed by atoms with van der Waals surface area (Å²) in [4.78, 5) is 0. The van der Waals surface area contributed by atoms with Gasteiger partial charge in [-0.2, -0.15) is 0 Å². The van der Waals surface area contributed by atoms with E-state index in [4.69, 9.17) is 0 Å². The number of unbranched alkanes of at least 4 members (excludes halogenated alkanes) is 1. The molecule has 0 aromatic rings. The maximum absolute atomic E-state index is 3.61. The smallest absolute Gasteiger partial charge is 0.0166 e. The SMILES string of the molecule is C=C/C=C/C/C=C/CC/C=C/C=C. The number of hydrogen-bond acceptors (Lipinski definition) is 0. The van der Waals surface area contributed by atoms with Gasteiger partial charge in [-0.15, -0.1) is 0 Å². The van der Waals surface area contributed by atoms with E-state index in [1.54, 1.807) is 12.2 Å². The first-order valence-corrected chi connectivity index (χ1v) is 4.62. The van der Waals surface area contributed by atoms with E-state index in [0.29, 0.717) is 0 Å². The molecule has 0 aliphatic carbocycles. The van der Waals surface area contributed by atoms with Crippen LogP contribution in [0.3, 0.4) is 0 Å². The van der Waals surface area contributed by atoms with Crippen LogP contribution < -0.4 is 0 Å². The highest BCUT2D eigenvalue weighted by Gasteiger charge is 1.74. The Hall–Kier alpha value is -1.30. The third-order valence-corrected chi connectivity index (χ3v) is 1.48. The molecule has 13 heavy (non-hydrogen) atoms. The van der Waals surface area contributed by atoms with Crippen LogP contribution >= 0.6 is 0 Å². The molecule has 0 heteroatoms. The van der Waals surface area contributed by atoms with E-state index in [1.807, 2.05) is 12.2 Å². The minimum absolute atomic E-state index is 0.997. The van der Waals surface area contributed by atoms with Crippen molar-refractivity contribution in [3.63, 3.8) is 0 Å². The van der Waals surface area contributed by atoms with Crippen molar-refractivity contribution in [1.29, 1.82) is 0 Å². The van der Waals surface area contributed by atoms with E-state index >= 15 is 0 Å². The zero-order valence-electron chi connectivity index (χ0n) is 8.15. The minimum Gasteiger partial charge on any atom is -0.0991 e. The molecule has 0 spiro atoms. The fraction of sp³-hybridized carbons (Fsp3) is 0.231. The molecule has 0 aromatic carbocycles. The van der Waals surface area contributed by atoms with Gasteiger partial charge in [0.05, 0.1) is 0 Å². The summed E-state index contributed by atoms with van der Waals surface area (Å²) in [5.41, 5.74) is 0. The summed E-state index contributed by atoms with van der Waals surface area (Å²) >= 11 is 0. The van der Waals surface area contributed by atoms with Gasteiger partial charge in [0.2, 0.25) is 0 Å². The fourth-order valence-electron chi connectivity index (χ4n) is 0.852. The van der Waals surface area contributed by atoms with Crippen LogP contribution in [-0.2, 0) is 0 Å². The quantitative estimate of drug-likeness (QED) is 0.308. The van der Waals surface area contributed by atoms with Gasteiger partial charge in [-0.25, -0.2) is 0 Å². The number of allylic oxidation sites excluding steroid dienone is 8. The van der Waals surface area contributed by atoms with Crippen LogP contribution in [0.2, 0.25) is 0 Å². The van der Waals surface area contributed by atoms with Crippen molar-refractivity contribution in [2.75, 3.05) is 0 Å². The first-order chi connectivity index (χ1) is 6.41. The molecule has 0 unspecified atom stereocenters. The van der Waals surface area contributed by atoms with Crippen LogP contribution in [0.4, 0.5) is 0 Å². The second-order valence-electron chi connectivity index (χ2n) is 2.61. The third kappa shape index (κ3) is 10.7. The topological polar surface area (TPSA) is 0 Å². The molecule has 0 bridgehead atoms. The first kappa shape index (κ1) is 11.7. The molecule has 0 saturated carbocycles. The molecule has 0 nitrogen and oxygen atoms in total. The van der Waals surface area contributed by atoms with Gasteiger partial charge in [0.25, 0.3) is 0 Å². The van der Waals surface area contributed by atoms with Crippen molar-refractivity contribution in [3.8, 4) is 0 Å². The van der Waals surface area contributed by atoms with E-state index < -0.39 is 0 Å². The maximum atomic E-state index is 3.61. The van der Waals surface area contributed by atoms with Crippen molar-refractivity contribution in [1.82, 2.24) is 0 Å². The number of rotatable bonds is 7. The molecule has 0 aliphatic heterocycles. The molecular weight excluding hydrogens is 156 g/mol. The summed E-state index contributed by atoms with van der Waals surface area (Å²) in [7, 11) is 0. The Kier molecular flexibility index (Phi) is 9.63. The predicted octanol–water partition coefficient (Wildman–Crippen LogP) is 4.20. The monoisotopic (exact) mass is 174 g/mol. The average Bonchev–Trinajstić information content (AvgIpc) is 2.16. The largest absolute Gasteiger partial charge is 0.0991 e. The Morgan fingerprint density at radius 3 is 2.00 bits per heavy atom. The average molecular weight is 174 g/mol. The minimum atomic E-state index is 0.997. The van der Waals surface area contributed by atoms with Crippen LogP contribution in [0, 0.1) is 0 Å². The molecule has 0 atom stereocenters. The lowest BCUT2D eigenvalue weighted by atomic mass is 10.2. The molecular formula is C13H18. The summed E-state index contributed by atoms with van der Waals surface area (Å²) in [6.45, 7) is 7.20. The predicted molar refractivity (Wildman–Crippen MR) is 61.7 cm³/mol. The Bertz CT molecular complexity index is 204. The maximum Gasteiger partial charge on any atom is -0.0166 e. The van der Waals surface area contributed by atoms with Gasteiger partial charge in [-0.1, -0.05) is 61.8 Å². The zero-order valence-corrected chi connectivity index (χ0v) is 8.15. The van der Waals surface area contributed by atoms with E-state index in [1.165, 1.54) is 0 Å². The Morgan fingerprint density at radius 1 is 0.692 bits per heavy atom. The van der Waals surface area contributed by atoms with Gasteiger partial charge in [-0.3, -0.25) is 0 Å². The lowest BCUT2D eigenvalue weighted by molar-refractivity contribution is 1.04. The van der Waals surface area contributed by atoms with Gasteiger partial charge in [-0.05, 0) is 19.3 Å². The molecule has 0 saturated heterocycles. The van der Waals surface area contributed by atoms with E-state index in [2.05, 4.69) is 37.5 Å². The third-order valence-electron chi connectivity index (χ3n) is 1.48. The van der Waals surface area contributed by atoms with Gasteiger partial charge in [0, 0.05) is 0 Å². The van der Waals surface area contributed by atoms with Gasteiger partial charge < -0.3 is 0 Å². The van der Waals surface area contributed by atoms with E-state index in [9.17, 15) is 0 Å². The molecule has 0 fully saturated rings. The highest BCUT2D eigenvalue weighted by atomic mass is 13.8. The normalized spacial score (nSPS) is 11.7.